The van der Waals surface area contributed by atoms with Crippen molar-refractivity contribution in [3.05, 3.63) is 50.1 Å². The van der Waals surface area contributed by atoms with Gasteiger partial charge in [-0.15, -0.1) is 11.3 Å². The van der Waals surface area contributed by atoms with Crippen molar-refractivity contribution in [2.45, 2.75) is 13.0 Å². The molecule has 2 aromatic rings. The Morgan fingerprint density at radius 3 is 2.88 bits per heavy atom. The van der Waals surface area contributed by atoms with Gasteiger partial charge in [0.25, 0.3) is 0 Å². The zero-order valence-electron chi connectivity index (χ0n) is 8.71. The molecule has 1 aromatic heterocycles. The maximum atomic E-state index is 5.97. The Labute approximate surface area is 113 Å². The van der Waals surface area contributed by atoms with Crippen LogP contribution in [0.4, 0.5) is 5.69 Å². The lowest BCUT2D eigenvalue weighted by Gasteiger charge is -2.15. The lowest BCUT2D eigenvalue weighted by Crippen LogP contribution is -2.05. The number of hydrogen-bond donors (Lipinski definition) is 1. The quantitative estimate of drug-likeness (QED) is 0.806. The van der Waals surface area contributed by atoms with E-state index < -0.39 is 0 Å². The van der Waals surface area contributed by atoms with Crippen molar-refractivity contribution in [2.75, 3.05) is 5.32 Å². The molecule has 0 aliphatic heterocycles. The zero-order chi connectivity index (χ0) is 11.5. The Kier molecular flexibility index (Phi) is 3.90. The summed E-state index contributed by atoms with van der Waals surface area (Å²) in [5.74, 6) is 0. The SMILES string of the molecule is CC(Nc1cc(Cl)ccc1Br)c1cccs1. The van der Waals surface area contributed by atoms with E-state index in [2.05, 4.69) is 45.7 Å². The number of nitrogens with one attached hydrogen (secondary N) is 1. The van der Waals surface area contributed by atoms with Crippen LogP contribution in [0, 0.1) is 0 Å². The Balaban J connectivity index is 2.17. The number of thiophene rings is 1. The normalized spacial score (nSPS) is 12.4. The molecule has 1 nitrogen and oxygen atoms in total. The van der Waals surface area contributed by atoms with E-state index >= 15 is 0 Å². The molecule has 4 heteroatoms. The lowest BCUT2D eigenvalue weighted by molar-refractivity contribution is 0.907. The summed E-state index contributed by atoms with van der Waals surface area (Å²) in [6.07, 6.45) is 0. The fourth-order valence-corrected chi connectivity index (χ4v) is 2.72. The highest BCUT2D eigenvalue weighted by atomic mass is 79.9. The highest BCUT2D eigenvalue weighted by Gasteiger charge is 2.08. The van der Waals surface area contributed by atoms with Crippen LogP contribution in [-0.2, 0) is 0 Å². The molecular weight excluding hydrogens is 306 g/mol. The molecule has 1 heterocycles. The topological polar surface area (TPSA) is 12.0 Å². The van der Waals surface area contributed by atoms with Gasteiger partial charge in [-0.2, -0.15) is 0 Å². The Bertz CT molecular complexity index is 470. The molecule has 2 rings (SSSR count). The van der Waals surface area contributed by atoms with Crippen molar-refractivity contribution in [3.8, 4) is 0 Å². The number of anilines is 1. The molecule has 0 spiro atoms. The fourth-order valence-electron chi connectivity index (χ4n) is 1.45. The summed E-state index contributed by atoms with van der Waals surface area (Å²) in [6.45, 7) is 2.14. The first kappa shape index (κ1) is 12.0. The Hall–Kier alpha value is -0.510. The molecule has 1 aromatic carbocycles. The summed E-state index contributed by atoms with van der Waals surface area (Å²) in [7, 11) is 0. The molecule has 0 saturated carbocycles. The van der Waals surface area contributed by atoms with Gasteiger partial charge in [-0.05, 0) is 52.5 Å². The summed E-state index contributed by atoms with van der Waals surface area (Å²) in [6, 6.07) is 10.2. The molecule has 0 bridgehead atoms. The molecule has 16 heavy (non-hydrogen) atoms. The van der Waals surface area contributed by atoms with Crippen LogP contribution in [0.25, 0.3) is 0 Å². The van der Waals surface area contributed by atoms with E-state index in [1.807, 2.05) is 18.2 Å². The van der Waals surface area contributed by atoms with Gasteiger partial charge in [0.1, 0.15) is 0 Å². The highest BCUT2D eigenvalue weighted by Crippen LogP contribution is 2.30. The molecule has 0 fully saturated rings. The third-order valence-electron chi connectivity index (χ3n) is 2.27. The van der Waals surface area contributed by atoms with Gasteiger partial charge in [-0.3, -0.25) is 0 Å². The van der Waals surface area contributed by atoms with Crippen molar-refractivity contribution < 1.29 is 0 Å². The van der Waals surface area contributed by atoms with Gasteiger partial charge >= 0.3 is 0 Å². The lowest BCUT2D eigenvalue weighted by atomic mass is 10.2. The Morgan fingerprint density at radius 2 is 2.19 bits per heavy atom. The van der Waals surface area contributed by atoms with E-state index in [9.17, 15) is 0 Å². The minimum Gasteiger partial charge on any atom is -0.377 e. The second kappa shape index (κ2) is 5.21. The molecule has 0 amide bonds. The molecule has 1 N–H and O–H groups in total. The van der Waals surface area contributed by atoms with E-state index in [0.717, 1.165) is 15.2 Å². The predicted octanol–water partition coefficient (Wildman–Crippen LogP) is 5.34. The van der Waals surface area contributed by atoms with Crippen molar-refractivity contribution in [2.24, 2.45) is 0 Å². The second-order valence-electron chi connectivity index (χ2n) is 3.51. The average molecular weight is 317 g/mol. The van der Waals surface area contributed by atoms with Crippen molar-refractivity contribution >= 4 is 44.6 Å². The number of rotatable bonds is 3. The van der Waals surface area contributed by atoms with E-state index in [1.165, 1.54) is 4.88 Å². The van der Waals surface area contributed by atoms with E-state index in [-0.39, 0.29) is 6.04 Å². The molecule has 0 radical (unpaired) electrons. The minimum absolute atomic E-state index is 0.287. The van der Waals surface area contributed by atoms with Gasteiger partial charge in [0, 0.05) is 14.4 Å². The van der Waals surface area contributed by atoms with Gasteiger partial charge in [0.2, 0.25) is 0 Å². The van der Waals surface area contributed by atoms with Gasteiger partial charge in [0.15, 0.2) is 0 Å². The standard InChI is InChI=1S/C12H11BrClNS/c1-8(12-3-2-6-16-12)15-11-7-9(14)4-5-10(11)13/h2-8,15H,1H3. The number of benzene rings is 1. The molecule has 0 aliphatic carbocycles. The van der Waals surface area contributed by atoms with Gasteiger partial charge < -0.3 is 5.32 Å². The zero-order valence-corrected chi connectivity index (χ0v) is 11.9. The van der Waals surface area contributed by atoms with Crippen molar-refractivity contribution in [1.82, 2.24) is 0 Å². The minimum atomic E-state index is 0.287. The largest absolute Gasteiger partial charge is 0.377 e. The molecule has 84 valence electrons. The number of halogens is 2. The third-order valence-corrected chi connectivity index (χ3v) is 4.25. The molecular formula is C12H11BrClNS. The smallest absolute Gasteiger partial charge is 0.0578 e. The predicted molar refractivity (Wildman–Crippen MR) is 75.5 cm³/mol. The summed E-state index contributed by atoms with van der Waals surface area (Å²) in [4.78, 5) is 1.31. The Morgan fingerprint density at radius 1 is 1.38 bits per heavy atom. The number of hydrogen-bond acceptors (Lipinski definition) is 2. The van der Waals surface area contributed by atoms with Crippen molar-refractivity contribution in [1.29, 1.82) is 0 Å². The van der Waals surface area contributed by atoms with Gasteiger partial charge in [-0.25, -0.2) is 0 Å². The van der Waals surface area contributed by atoms with Crippen LogP contribution in [0.1, 0.15) is 17.8 Å². The summed E-state index contributed by atoms with van der Waals surface area (Å²) < 4.78 is 1.03. The third kappa shape index (κ3) is 2.78. The van der Waals surface area contributed by atoms with E-state index in [1.54, 1.807) is 11.3 Å². The molecule has 0 aliphatic rings. The first-order chi connectivity index (χ1) is 7.66. The van der Waals surface area contributed by atoms with Crippen LogP contribution in [0.15, 0.2) is 40.2 Å². The van der Waals surface area contributed by atoms with Crippen LogP contribution in [0.2, 0.25) is 5.02 Å². The van der Waals surface area contributed by atoms with Crippen LogP contribution in [0.5, 0.6) is 0 Å². The summed E-state index contributed by atoms with van der Waals surface area (Å²) in [5, 5.41) is 6.26. The maximum Gasteiger partial charge on any atom is 0.0578 e. The van der Waals surface area contributed by atoms with Crippen LogP contribution < -0.4 is 5.32 Å². The van der Waals surface area contributed by atoms with Crippen LogP contribution in [-0.4, -0.2) is 0 Å². The molecule has 1 atom stereocenters. The summed E-state index contributed by atoms with van der Waals surface area (Å²) >= 11 is 11.2. The van der Waals surface area contributed by atoms with Crippen molar-refractivity contribution in [3.63, 3.8) is 0 Å². The monoisotopic (exact) mass is 315 g/mol. The van der Waals surface area contributed by atoms with E-state index in [4.69, 9.17) is 11.6 Å². The molecule has 1 unspecified atom stereocenters. The fraction of sp³-hybridized carbons (Fsp3) is 0.167. The van der Waals surface area contributed by atoms with Crippen LogP contribution in [0.3, 0.4) is 0 Å². The molecule has 0 saturated heterocycles. The first-order valence-corrected chi connectivity index (χ1v) is 6.97. The first-order valence-electron chi connectivity index (χ1n) is 4.92. The van der Waals surface area contributed by atoms with E-state index in [0.29, 0.717) is 0 Å². The summed E-state index contributed by atoms with van der Waals surface area (Å²) in [5.41, 5.74) is 1.02. The maximum absolute atomic E-state index is 5.97. The van der Waals surface area contributed by atoms with Crippen LogP contribution >= 0.6 is 38.9 Å². The van der Waals surface area contributed by atoms with Gasteiger partial charge in [0.05, 0.1) is 11.7 Å². The average Bonchev–Trinajstić information content (AvgIpc) is 2.76. The second-order valence-corrected chi connectivity index (χ2v) is 5.78. The highest BCUT2D eigenvalue weighted by molar-refractivity contribution is 9.10. The van der Waals surface area contributed by atoms with Gasteiger partial charge in [-0.1, -0.05) is 17.7 Å².